The predicted molar refractivity (Wildman–Crippen MR) is 75.2 cm³/mol. The first-order valence-corrected chi connectivity index (χ1v) is 7.56. The third-order valence-corrected chi connectivity index (χ3v) is 5.20. The molecule has 0 radical (unpaired) electrons. The molecule has 0 spiro atoms. The minimum atomic E-state index is -3.98. The van der Waals surface area contributed by atoms with E-state index in [1.54, 1.807) is 43.3 Å². The van der Waals surface area contributed by atoms with Crippen LogP contribution in [-0.4, -0.2) is 19.5 Å². The van der Waals surface area contributed by atoms with Crippen LogP contribution in [-0.2, 0) is 14.6 Å². The van der Waals surface area contributed by atoms with Gasteiger partial charge in [-0.1, -0.05) is 48.5 Å². The zero-order valence-corrected chi connectivity index (χ0v) is 11.7. The number of hydrogen-bond acceptors (Lipinski definition) is 3. The van der Waals surface area contributed by atoms with E-state index < -0.39 is 21.1 Å². The van der Waals surface area contributed by atoms with Crippen molar-refractivity contribution in [2.45, 2.75) is 17.1 Å². The summed E-state index contributed by atoms with van der Waals surface area (Å²) in [5.41, 5.74) is 0.790. The van der Waals surface area contributed by atoms with E-state index in [2.05, 4.69) is 0 Å². The van der Waals surface area contributed by atoms with Gasteiger partial charge in [-0.2, -0.15) is 0 Å². The highest BCUT2D eigenvalue weighted by molar-refractivity contribution is 7.92. The molecule has 1 N–H and O–H groups in total. The average Bonchev–Trinajstić information content (AvgIpc) is 2.39. The number of rotatable bonds is 4. The monoisotopic (exact) mass is 290 g/mol. The summed E-state index contributed by atoms with van der Waals surface area (Å²) in [4.78, 5) is 11.5. The van der Waals surface area contributed by atoms with Crippen molar-refractivity contribution in [1.82, 2.24) is 0 Å². The highest BCUT2D eigenvalue weighted by atomic mass is 32.2. The lowest BCUT2D eigenvalue weighted by Crippen LogP contribution is -2.22. The van der Waals surface area contributed by atoms with Gasteiger partial charge in [0.1, 0.15) is 0 Å². The van der Waals surface area contributed by atoms with E-state index >= 15 is 0 Å². The first-order valence-electron chi connectivity index (χ1n) is 6.02. The molecule has 0 saturated carbocycles. The molecule has 0 amide bonds. The third-order valence-electron chi connectivity index (χ3n) is 3.04. The first-order chi connectivity index (χ1) is 9.44. The summed E-state index contributed by atoms with van der Waals surface area (Å²) in [7, 11) is -3.98. The molecule has 5 heteroatoms. The molecule has 4 nitrogen and oxygen atoms in total. The summed E-state index contributed by atoms with van der Waals surface area (Å²) in [5, 5.41) is 7.74. The van der Waals surface area contributed by atoms with Gasteiger partial charge in [-0.3, -0.25) is 4.79 Å². The SMILES string of the molecule is Cc1ccccc1S(=O)(=O)C(C(=O)O)c1ccccc1. The normalized spacial score (nSPS) is 12.8. The third kappa shape index (κ3) is 2.58. The lowest BCUT2D eigenvalue weighted by atomic mass is 10.1. The molecule has 0 aliphatic rings. The van der Waals surface area contributed by atoms with Gasteiger partial charge in [0, 0.05) is 0 Å². The molecule has 0 heterocycles. The van der Waals surface area contributed by atoms with Gasteiger partial charge in [0.05, 0.1) is 4.90 Å². The Balaban J connectivity index is 2.61. The van der Waals surface area contributed by atoms with E-state index in [9.17, 15) is 18.3 Å². The van der Waals surface area contributed by atoms with Gasteiger partial charge in [-0.05, 0) is 24.1 Å². The molecule has 2 rings (SSSR count). The highest BCUT2D eigenvalue weighted by Crippen LogP contribution is 2.30. The van der Waals surface area contributed by atoms with Crippen molar-refractivity contribution >= 4 is 15.8 Å². The van der Waals surface area contributed by atoms with Crippen molar-refractivity contribution in [2.75, 3.05) is 0 Å². The number of aryl methyl sites for hydroxylation is 1. The lowest BCUT2D eigenvalue weighted by Gasteiger charge is -2.15. The minimum absolute atomic E-state index is 0.0521. The lowest BCUT2D eigenvalue weighted by molar-refractivity contribution is -0.136. The number of aliphatic carboxylic acids is 1. The summed E-state index contributed by atoms with van der Waals surface area (Å²) in [6, 6.07) is 14.4. The molecule has 0 bridgehead atoms. The summed E-state index contributed by atoms with van der Waals surface area (Å²) in [6.45, 7) is 1.65. The zero-order chi connectivity index (χ0) is 14.8. The van der Waals surface area contributed by atoms with Crippen LogP contribution in [0.4, 0.5) is 0 Å². The number of carbonyl (C=O) groups is 1. The van der Waals surface area contributed by atoms with Crippen molar-refractivity contribution in [1.29, 1.82) is 0 Å². The van der Waals surface area contributed by atoms with Gasteiger partial charge in [0.25, 0.3) is 0 Å². The quantitative estimate of drug-likeness (QED) is 0.939. The Kier molecular flexibility index (Phi) is 3.90. The van der Waals surface area contributed by atoms with Gasteiger partial charge in [0.2, 0.25) is 0 Å². The Morgan fingerprint density at radius 3 is 2.10 bits per heavy atom. The smallest absolute Gasteiger partial charge is 0.326 e. The fourth-order valence-electron chi connectivity index (χ4n) is 2.08. The van der Waals surface area contributed by atoms with Crippen LogP contribution in [0.15, 0.2) is 59.5 Å². The predicted octanol–water partition coefficient (Wildman–Crippen LogP) is 2.59. The van der Waals surface area contributed by atoms with E-state index in [-0.39, 0.29) is 10.5 Å². The van der Waals surface area contributed by atoms with Crippen LogP contribution in [0.3, 0.4) is 0 Å². The van der Waals surface area contributed by atoms with E-state index in [1.165, 1.54) is 18.2 Å². The van der Waals surface area contributed by atoms with Crippen molar-refractivity contribution < 1.29 is 18.3 Å². The topological polar surface area (TPSA) is 71.4 Å². The molecule has 0 fully saturated rings. The van der Waals surface area contributed by atoms with Crippen LogP contribution in [0.1, 0.15) is 16.4 Å². The van der Waals surface area contributed by atoms with Crippen LogP contribution in [0.5, 0.6) is 0 Å². The van der Waals surface area contributed by atoms with Crippen LogP contribution in [0.2, 0.25) is 0 Å². The molecule has 20 heavy (non-hydrogen) atoms. The number of carboxylic acids is 1. The van der Waals surface area contributed by atoms with Crippen molar-refractivity contribution in [3.63, 3.8) is 0 Å². The Morgan fingerprint density at radius 1 is 1.00 bits per heavy atom. The molecule has 0 saturated heterocycles. The standard InChI is InChI=1S/C15H14O4S/c1-11-7-5-6-10-13(11)20(18,19)14(15(16)17)12-8-3-2-4-9-12/h2-10,14H,1H3,(H,16,17). The summed E-state index contributed by atoms with van der Waals surface area (Å²) >= 11 is 0. The Labute approximate surface area is 117 Å². The van der Waals surface area contributed by atoms with Gasteiger partial charge in [0.15, 0.2) is 15.1 Å². The Hall–Kier alpha value is -2.14. The second kappa shape index (κ2) is 5.46. The molecule has 104 valence electrons. The minimum Gasteiger partial charge on any atom is -0.480 e. The summed E-state index contributed by atoms with van der Waals surface area (Å²) in [5.74, 6) is -1.38. The van der Waals surface area contributed by atoms with Crippen molar-refractivity contribution in [3.05, 3.63) is 65.7 Å². The van der Waals surface area contributed by atoms with E-state index in [0.29, 0.717) is 5.56 Å². The molecule has 2 aromatic carbocycles. The largest absolute Gasteiger partial charge is 0.480 e. The Morgan fingerprint density at radius 2 is 1.55 bits per heavy atom. The van der Waals surface area contributed by atoms with E-state index in [4.69, 9.17) is 0 Å². The fraction of sp³-hybridized carbons (Fsp3) is 0.133. The maximum atomic E-state index is 12.6. The van der Waals surface area contributed by atoms with Gasteiger partial charge in [-0.25, -0.2) is 8.42 Å². The second-order valence-electron chi connectivity index (χ2n) is 4.44. The van der Waals surface area contributed by atoms with Gasteiger partial charge < -0.3 is 5.11 Å². The Bertz CT molecular complexity index is 721. The molecule has 1 atom stereocenters. The summed E-state index contributed by atoms with van der Waals surface area (Å²) < 4.78 is 25.2. The zero-order valence-electron chi connectivity index (χ0n) is 10.9. The molecule has 2 aromatic rings. The maximum Gasteiger partial charge on any atom is 0.326 e. The van der Waals surface area contributed by atoms with Crippen LogP contribution in [0.25, 0.3) is 0 Å². The number of hydrogen-bond donors (Lipinski definition) is 1. The number of carboxylic acid groups (broad SMARTS) is 1. The van der Waals surface area contributed by atoms with Crippen LogP contribution < -0.4 is 0 Å². The van der Waals surface area contributed by atoms with Crippen molar-refractivity contribution in [3.8, 4) is 0 Å². The number of sulfone groups is 1. The van der Waals surface area contributed by atoms with Crippen LogP contribution in [0, 0.1) is 6.92 Å². The molecule has 1 unspecified atom stereocenters. The van der Waals surface area contributed by atoms with Crippen molar-refractivity contribution in [2.24, 2.45) is 0 Å². The second-order valence-corrected chi connectivity index (χ2v) is 6.44. The highest BCUT2D eigenvalue weighted by Gasteiger charge is 2.36. The molecular weight excluding hydrogens is 276 g/mol. The maximum absolute atomic E-state index is 12.6. The molecule has 0 aliphatic heterocycles. The average molecular weight is 290 g/mol. The first kappa shape index (κ1) is 14.3. The van der Waals surface area contributed by atoms with Crippen LogP contribution >= 0.6 is 0 Å². The molecule has 0 aliphatic carbocycles. The van der Waals surface area contributed by atoms with Gasteiger partial charge >= 0.3 is 5.97 Å². The fourth-order valence-corrected chi connectivity index (χ4v) is 3.90. The van der Waals surface area contributed by atoms with E-state index in [0.717, 1.165) is 0 Å². The summed E-state index contributed by atoms with van der Waals surface area (Å²) in [6.07, 6.45) is 0. The molecular formula is C15H14O4S. The van der Waals surface area contributed by atoms with Gasteiger partial charge in [-0.15, -0.1) is 0 Å². The molecule has 0 aromatic heterocycles. The van der Waals surface area contributed by atoms with E-state index in [1.807, 2.05) is 0 Å². The number of benzene rings is 2.